The summed E-state index contributed by atoms with van der Waals surface area (Å²) < 4.78 is 79.9. The average molecular weight is 510 g/mol. The van der Waals surface area contributed by atoms with Gasteiger partial charge in [-0.3, -0.25) is 9.69 Å². The third-order valence-corrected chi connectivity index (χ3v) is 6.32. The predicted molar refractivity (Wildman–Crippen MR) is 115 cm³/mol. The fourth-order valence-electron chi connectivity index (χ4n) is 4.33. The van der Waals surface area contributed by atoms with Crippen molar-refractivity contribution in [2.45, 2.75) is 44.8 Å². The van der Waals surface area contributed by atoms with Crippen LogP contribution >= 0.6 is 0 Å². The van der Waals surface area contributed by atoms with Gasteiger partial charge in [0.25, 0.3) is 6.10 Å². The number of rotatable bonds is 5. The van der Waals surface area contributed by atoms with E-state index in [-0.39, 0.29) is 38.0 Å². The van der Waals surface area contributed by atoms with Crippen molar-refractivity contribution in [1.82, 2.24) is 9.80 Å². The van der Waals surface area contributed by atoms with Gasteiger partial charge >= 0.3 is 18.4 Å². The van der Waals surface area contributed by atoms with Crippen LogP contribution in [0.4, 0.5) is 36.8 Å². The van der Waals surface area contributed by atoms with Crippen molar-refractivity contribution in [3.05, 3.63) is 29.3 Å². The molecule has 0 unspecified atom stereocenters. The molecule has 2 fully saturated rings. The molecule has 0 aromatic heterocycles. The van der Waals surface area contributed by atoms with Crippen molar-refractivity contribution in [2.24, 2.45) is 11.7 Å². The first-order chi connectivity index (χ1) is 16.3. The fraction of sp³-hybridized carbons (Fsp3) is 0.636. The van der Waals surface area contributed by atoms with Crippen LogP contribution in [0.25, 0.3) is 0 Å². The van der Waals surface area contributed by atoms with Crippen molar-refractivity contribution < 1.29 is 40.7 Å². The molecule has 2 amide bonds. The van der Waals surface area contributed by atoms with Gasteiger partial charge in [-0.25, -0.2) is 4.79 Å². The Labute approximate surface area is 198 Å². The molecular formula is C22H28F6N4O3. The molecule has 3 rings (SSSR count). The van der Waals surface area contributed by atoms with E-state index in [0.717, 1.165) is 21.7 Å². The molecule has 35 heavy (non-hydrogen) atoms. The molecule has 0 radical (unpaired) electrons. The Morgan fingerprint density at radius 2 is 1.57 bits per heavy atom. The number of piperazine rings is 1. The van der Waals surface area contributed by atoms with Gasteiger partial charge in [0.1, 0.15) is 0 Å². The summed E-state index contributed by atoms with van der Waals surface area (Å²) >= 11 is 0. The van der Waals surface area contributed by atoms with Gasteiger partial charge in [0, 0.05) is 57.4 Å². The number of primary amides is 1. The molecule has 7 nitrogen and oxygen atoms in total. The third kappa shape index (κ3) is 6.92. The van der Waals surface area contributed by atoms with Gasteiger partial charge < -0.3 is 20.3 Å². The standard InChI is InChI=1S/C22H28F6N4O3/c1-14-2-3-16(17(12-14)31-6-4-15(5-7-31)18(29)33)13-30-8-10-32(11-9-30)20(34)35-19(21(23,24)25)22(26,27)28/h2-3,12,15,19H,4-11,13H2,1H3,(H2,29,33). The second-order valence-corrected chi connectivity index (χ2v) is 8.91. The van der Waals surface area contributed by atoms with Gasteiger partial charge in [-0.15, -0.1) is 0 Å². The number of halogens is 6. The predicted octanol–water partition coefficient (Wildman–Crippen LogP) is 3.44. The molecule has 0 saturated carbocycles. The minimum atomic E-state index is -5.75. The number of hydrogen-bond acceptors (Lipinski definition) is 5. The number of carbonyl (C=O) groups excluding carboxylic acids is 2. The highest BCUT2D eigenvalue weighted by Crippen LogP contribution is 2.36. The van der Waals surface area contributed by atoms with Gasteiger partial charge in [-0.2, -0.15) is 26.3 Å². The molecule has 0 aliphatic carbocycles. The van der Waals surface area contributed by atoms with Crippen molar-refractivity contribution in [3.63, 3.8) is 0 Å². The maximum Gasteiger partial charge on any atom is 0.434 e. The van der Waals surface area contributed by atoms with Gasteiger partial charge in [0.05, 0.1) is 0 Å². The Hall–Kier alpha value is -2.70. The molecule has 0 atom stereocenters. The molecular weight excluding hydrogens is 482 g/mol. The van der Waals surface area contributed by atoms with Crippen molar-refractivity contribution >= 4 is 17.7 Å². The third-order valence-electron chi connectivity index (χ3n) is 6.32. The molecule has 1 aromatic carbocycles. The maximum atomic E-state index is 12.7. The number of hydrogen-bond donors (Lipinski definition) is 1. The number of amides is 2. The highest BCUT2D eigenvalue weighted by molar-refractivity contribution is 5.77. The van der Waals surface area contributed by atoms with E-state index < -0.39 is 24.5 Å². The van der Waals surface area contributed by atoms with Gasteiger partial charge in [0.2, 0.25) is 5.91 Å². The molecule has 13 heteroatoms. The Bertz CT molecular complexity index is 893. The summed E-state index contributed by atoms with van der Waals surface area (Å²) in [6.07, 6.45) is -16.0. The van der Waals surface area contributed by atoms with Crippen LogP contribution in [-0.2, 0) is 16.1 Å². The lowest BCUT2D eigenvalue weighted by Crippen LogP contribution is -2.52. The molecule has 0 bridgehead atoms. The number of alkyl halides is 6. The van der Waals surface area contributed by atoms with E-state index >= 15 is 0 Å². The Morgan fingerprint density at radius 3 is 2.09 bits per heavy atom. The molecule has 1 aromatic rings. The average Bonchev–Trinajstić information content (AvgIpc) is 2.77. The van der Waals surface area contributed by atoms with Crippen LogP contribution in [0.5, 0.6) is 0 Å². The lowest BCUT2D eigenvalue weighted by atomic mass is 9.95. The summed E-state index contributed by atoms with van der Waals surface area (Å²) in [5.74, 6) is -0.455. The first-order valence-electron chi connectivity index (χ1n) is 11.2. The number of aryl methyl sites for hydroxylation is 1. The number of nitrogens with zero attached hydrogens (tertiary/aromatic N) is 3. The summed E-state index contributed by atoms with van der Waals surface area (Å²) in [5, 5.41) is 0. The van der Waals surface area contributed by atoms with Crippen molar-refractivity contribution in [3.8, 4) is 0 Å². The van der Waals surface area contributed by atoms with Crippen LogP contribution in [0.3, 0.4) is 0 Å². The van der Waals surface area contributed by atoms with Crippen LogP contribution in [0.2, 0.25) is 0 Å². The Balaban J connectivity index is 1.59. The largest absolute Gasteiger partial charge is 0.434 e. The van der Waals surface area contributed by atoms with Crippen LogP contribution in [0, 0.1) is 12.8 Å². The quantitative estimate of drug-likeness (QED) is 0.614. The van der Waals surface area contributed by atoms with Crippen molar-refractivity contribution in [1.29, 1.82) is 0 Å². The van der Waals surface area contributed by atoms with Gasteiger partial charge in [-0.1, -0.05) is 12.1 Å². The first-order valence-corrected chi connectivity index (χ1v) is 11.2. The van der Waals surface area contributed by atoms with E-state index in [2.05, 4.69) is 9.64 Å². The van der Waals surface area contributed by atoms with Crippen LogP contribution in [0.1, 0.15) is 24.0 Å². The van der Waals surface area contributed by atoms with Crippen LogP contribution in [0.15, 0.2) is 18.2 Å². The highest BCUT2D eigenvalue weighted by atomic mass is 19.4. The second-order valence-electron chi connectivity index (χ2n) is 8.91. The van der Waals surface area contributed by atoms with E-state index in [1.165, 1.54) is 0 Å². The first kappa shape index (κ1) is 26.9. The number of carbonyl (C=O) groups is 2. The van der Waals surface area contributed by atoms with Gasteiger partial charge in [-0.05, 0) is 37.0 Å². The monoisotopic (exact) mass is 510 g/mol. The zero-order chi connectivity index (χ0) is 26.0. The highest BCUT2D eigenvalue weighted by Gasteiger charge is 2.60. The van der Waals surface area contributed by atoms with Gasteiger partial charge in [0.15, 0.2) is 0 Å². The molecule has 196 valence electrons. The minimum Gasteiger partial charge on any atom is -0.426 e. The van der Waals surface area contributed by atoms with Crippen molar-refractivity contribution in [2.75, 3.05) is 44.2 Å². The molecule has 0 spiro atoms. The summed E-state index contributed by atoms with van der Waals surface area (Å²) in [6.45, 7) is 4.18. The van der Waals surface area contributed by atoms with E-state index in [9.17, 15) is 35.9 Å². The Morgan fingerprint density at radius 1 is 1.00 bits per heavy atom. The molecule has 2 heterocycles. The lowest BCUT2D eigenvalue weighted by Gasteiger charge is -2.37. The minimum absolute atomic E-state index is 0.0630. The smallest absolute Gasteiger partial charge is 0.426 e. The van der Waals surface area contributed by atoms with E-state index in [1.54, 1.807) is 0 Å². The zero-order valence-electron chi connectivity index (χ0n) is 19.2. The van der Waals surface area contributed by atoms with Crippen LogP contribution < -0.4 is 10.6 Å². The van der Waals surface area contributed by atoms with E-state index in [0.29, 0.717) is 32.5 Å². The molecule has 2 saturated heterocycles. The summed E-state index contributed by atoms with van der Waals surface area (Å²) in [4.78, 5) is 28.5. The normalized spacial score (nSPS) is 18.7. The van der Waals surface area contributed by atoms with E-state index in [1.807, 2.05) is 30.0 Å². The summed E-state index contributed by atoms with van der Waals surface area (Å²) in [7, 11) is 0. The van der Waals surface area contributed by atoms with Crippen LogP contribution in [-0.4, -0.2) is 79.5 Å². The lowest BCUT2D eigenvalue weighted by molar-refractivity contribution is -0.308. The Kier molecular flexibility index (Phi) is 8.07. The molecule has 2 aliphatic rings. The topological polar surface area (TPSA) is 79.1 Å². The maximum absolute atomic E-state index is 12.7. The fourth-order valence-corrected chi connectivity index (χ4v) is 4.33. The van der Waals surface area contributed by atoms with E-state index in [4.69, 9.17) is 5.73 Å². The number of anilines is 1. The zero-order valence-corrected chi connectivity index (χ0v) is 19.2. The summed E-state index contributed by atoms with van der Waals surface area (Å²) in [6, 6.07) is 5.97. The molecule has 2 aliphatic heterocycles. The number of ether oxygens (including phenoxy) is 1. The SMILES string of the molecule is Cc1ccc(CN2CCN(C(=O)OC(C(F)(F)F)C(F)(F)F)CC2)c(N2CCC(C(N)=O)CC2)c1. The number of piperidine rings is 1. The summed E-state index contributed by atoms with van der Waals surface area (Å²) in [5.41, 5.74) is 8.48. The second kappa shape index (κ2) is 10.5. The molecule has 2 N–H and O–H groups in total. The number of nitrogens with two attached hydrogens (primary N) is 1. The number of benzene rings is 1.